The van der Waals surface area contributed by atoms with Crippen molar-refractivity contribution >= 4 is 27.8 Å². The summed E-state index contributed by atoms with van der Waals surface area (Å²) in [5, 5.41) is 1.05. The van der Waals surface area contributed by atoms with E-state index in [9.17, 15) is 18.0 Å². The molecule has 29 heavy (non-hydrogen) atoms. The highest BCUT2D eigenvalue weighted by molar-refractivity contribution is 5.86. The number of benzene rings is 2. The molecule has 0 aliphatic carbocycles. The van der Waals surface area contributed by atoms with Gasteiger partial charge in [-0.05, 0) is 18.2 Å². The average Bonchev–Trinajstić information content (AvgIpc) is 3.26. The number of alkyl halides is 3. The van der Waals surface area contributed by atoms with Gasteiger partial charge in [0.25, 0.3) is 0 Å². The monoisotopic (exact) mass is 398 g/mol. The van der Waals surface area contributed by atoms with Crippen LogP contribution in [0.3, 0.4) is 0 Å². The Balaban J connectivity index is 1.47. The Kier molecular flexibility index (Phi) is 3.90. The molecule has 3 heterocycles. The molecule has 0 bridgehead atoms. The van der Waals surface area contributed by atoms with Crippen LogP contribution < -0.4 is 0 Å². The molecule has 5 rings (SSSR count). The van der Waals surface area contributed by atoms with Crippen LogP contribution in [0.15, 0.2) is 48.5 Å². The number of hydrogen-bond acceptors (Lipinski definition) is 2. The molecule has 1 aliphatic rings. The zero-order valence-electron chi connectivity index (χ0n) is 15.3. The highest BCUT2D eigenvalue weighted by atomic mass is 19.4. The predicted octanol–water partition coefficient (Wildman–Crippen LogP) is 4.12. The minimum absolute atomic E-state index is 0.227. The molecule has 1 N–H and O–H groups in total. The second kappa shape index (κ2) is 6.37. The number of fused-ring (bicyclic) bond motifs is 4. The number of amides is 1. The molecule has 0 fully saturated rings. The lowest BCUT2D eigenvalue weighted by Gasteiger charge is -2.28. The lowest BCUT2D eigenvalue weighted by Crippen LogP contribution is -2.38. The molecular formula is C21H17F3N4O. The van der Waals surface area contributed by atoms with Gasteiger partial charge in [-0.1, -0.05) is 30.3 Å². The van der Waals surface area contributed by atoms with E-state index in [0.29, 0.717) is 25.0 Å². The fraction of sp³-hybridized carbons (Fsp3) is 0.238. The van der Waals surface area contributed by atoms with Gasteiger partial charge < -0.3 is 14.5 Å². The minimum Gasteiger partial charge on any atom is -0.358 e. The van der Waals surface area contributed by atoms with E-state index < -0.39 is 18.5 Å². The topological polar surface area (TPSA) is 53.9 Å². The van der Waals surface area contributed by atoms with E-state index in [-0.39, 0.29) is 11.4 Å². The summed E-state index contributed by atoms with van der Waals surface area (Å²) in [4.78, 5) is 21.7. The van der Waals surface area contributed by atoms with Crippen LogP contribution in [0, 0.1) is 0 Å². The van der Waals surface area contributed by atoms with Gasteiger partial charge in [-0.25, -0.2) is 4.98 Å². The third-order valence-electron chi connectivity index (χ3n) is 5.44. The molecule has 1 amide bonds. The first-order valence-corrected chi connectivity index (χ1v) is 9.30. The van der Waals surface area contributed by atoms with Crippen molar-refractivity contribution in [2.24, 2.45) is 0 Å². The molecule has 2 aromatic heterocycles. The van der Waals surface area contributed by atoms with E-state index in [0.717, 1.165) is 26.7 Å². The minimum atomic E-state index is -4.63. The zero-order chi connectivity index (χ0) is 20.2. The van der Waals surface area contributed by atoms with Crippen LogP contribution in [0.4, 0.5) is 13.2 Å². The van der Waals surface area contributed by atoms with Gasteiger partial charge in [0.15, 0.2) is 0 Å². The molecule has 0 atom stereocenters. The van der Waals surface area contributed by atoms with Crippen LogP contribution in [0.1, 0.15) is 17.1 Å². The van der Waals surface area contributed by atoms with Crippen LogP contribution in [0.5, 0.6) is 0 Å². The summed E-state index contributed by atoms with van der Waals surface area (Å²) < 4.78 is 41.5. The van der Waals surface area contributed by atoms with E-state index in [4.69, 9.17) is 0 Å². The molecule has 1 aliphatic heterocycles. The molecule has 0 radical (unpaired) electrons. The summed E-state index contributed by atoms with van der Waals surface area (Å²) >= 11 is 0. The Morgan fingerprint density at radius 2 is 1.86 bits per heavy atom. The molecule has 2 aromatic carbocycles. The second-order valence-electron chi connectivity index (χ2n) is 7.20. The van der Waals surface area contributed by atoms with Gasteiger partial charge in [-0.15, -0.1) is 0 Å². The number of imidazole rings is 1. The Hall–Kier alpha value is -3.29. The SMILES string of the molecule is O=C(Cn1c(C(F)(F)F)nc2ccccc21)N1CCc2[nH]c3ccccc3c2C1. The van der Waals surface area contributed by atoms with E-state index >= 15 is 0 Å². The van der Waals surface area contributed by atoms with Crippen molar-refractivity contribution in [3.63, 3.8) is 0 Å². The summed E-state index contributed by atoms with van der Waals surface area (Å²) in [6.07, 6.45) is -3.99. The number of rotatable bonds is 2. The second-order valence-corrected chi connectivity index (χ2v) is 7.20. The molecule has 4 aromatic rings. The van der Waals surface area contributed by atoms with Crippen LogP contribution in [-0.2, 0) is 30.5 Å². The first kappa shape index (κ1) is 17.8. The predicted molar refractivity (Wildman–Crippen MR) is 102 cm³/mol. The number of nitrogens with one attached hydrogen (secondary N) is 1. The lowest BCUT2D eigenvalue weighted by molar-refractivity contribution is -0.148. The van der Waals surface area contributed by atoms with Crippen LogP contribution >= 0.6 is 0 Å². The van der Waals surface area contributed by atoms with Gasteiger partial charge in [0, 0.05) is 41.7 Å². The number of para-hydroxylation sites is 3. The van der Waals surface area contributed by atoms with E-state index in [1.165, 1.54) is 6.07 Å². The third kappa shape index (κ3) is 2.95. The largest absolute Gasteiger partial charge is 0.449 e. The quantitative estimate of drug-likeness (QED) is 0.552. The molecule has 8 heteroatoms. The molecule has 148 valence electrons. The Morgan fingerprint density at radius 1 is 1.10 bits per heavy atom. The summed E-state index contributed by atoms with van der Waals surface area (Å²) in [6, 6.07) is 14.2. The third-order valence-corrected chi connectivity index (χ3v) is 5.44. The Morgan fingerprint density at radius 3 is 2.69 bits per heavy atom. The Labute approximate surface area is 163 Å². The molecule has 0 saturated heterocycles. The average molecular weight is 398 g/mol. The lowest BCUT2D eigenvalue weighted by atomic mass is 10.0. The van der Waals surface area contributed by atoms with E-state index in [1.807, 2.05) is 24.3 Å². The normalized spacial score (nSPS) is 14.5. The van der Waals surface area contributed by atoms with Crippen LogP contribution in [-0.4, -0.2) is 31.9 Å². The van der Waals surface area contributed by atoms with Gasteiger partial charge in [-0.2, -0.15) is 13.2 Å². The van der Waals surface area contributed by atoms with Crippen LogP contribution in [0.25, 0.3) is 21.9 Å². The van der Waals surface area contributed by atoms with Crippen molar-refractivity contribution in [3.8, 4) is 0 Å². The maximum absolute atomic E-state index is 13.5. The van der Waals surface area contributed by atoms with Gasteiger partial charge >= 0.3 is 6.18 Å². The van der Waals surface area contributed by atoms with Gasteiger partial charge in [-0.3, -0.25) is 4.79 Å². The number of carbonyl (C=O) groups is 1. The number of hydrogen-bond donors (Lipinski definition) is 1. The number of H-pyrrole nitrogens is 1. The molecule has 0 unspecified atom stereocenters. The van der Waals surface area contributed by atoms with Crippen molar-refractivity contribution in [3.05, 3.63) is 65.6 Å². The number of aromatic amines is 1. The fourth-order valence-corrected chi connectivity index (χ4v) is 4.07. The van der Waals surface area contributed by atoms with Crippen molar-refractivity contribution in [1.82, 2.24) is 19.4 Å². The number of carbonyl (C=O) groups excluding carboxylic acids is 1. The maximum atomic E-state index is 13.5. The standard InChI is InChI=1S/C21H17F3N4O/c22-21(23,24)20-26-17-7-3-4-8-18(17)28(20)12-19(29)27-10-9-16-14(11-27)13-5-1-2-6-15(13)25-16/h1-8,25H,9-12H2. The first-order valence-electron chi connectivity index (χ1n) is 9.30. The number of aromatic nitrogens is 3. The van der Waals surface area contributed by atoms with Crippen molar-refractivity contribution in [1.29, 1.82) is 0 Å². The first-order chi connectivity index (χ1) is 13.9. The maximum Gasteiger partial charge on any atom is 0.449 e. The fourth-order valence-electron chi connectivity index (χ4n) is 4.07. The molecule has 0 spiro atoms. The van der Waals surface area contributed by atoms with Crippen LogP contribution in [0.2, 0.25) is 0 Å². The zero-order valence-corrected chi connectivity index (χ0v) is 15.3. The van der Waals surface area contributed by atoms with Crippen molar-refractivity contribution in [2.45, 2.75) is 25.7 Å². The molecule has 5 nitrogen and oxygen atoms in total. The summed E-state index contributed by atoms with van der Waals surface area (Å²) in [5.74, 6) is -1.40. The summed E-state index contributed by atoms with van der Waals surface area (Å²) in [7, 11) is 0. The highest BCUT2D eigenvalue weighted by Gasteiger charge is 2.38. The Bertz CT molecular complexity index is 1240. The molecular weight excluding hydrogens is 381 g/mol. The summed E-state index contributed by atoms with van der Waals surface area (Å²) in [6.45, 7) is 0.450. The molecule has 0 saturated carbocycles. The smallest absolute Gasteiger partial charge is 0.358 e. The van der Waals surface area contributed by atoms with Gasteiger partial charge in [0.2, 0.25) is 11.7 Å². The van der Waals surface area contributed by atoms with Gasteiger partial charge in [0.1, 0.15) is 6.54 Å². The number of nitrogens with zero attached hydrogens (tertiary/aromatic N) is 3. The summed E-state index contributed by atoms with van der Waals surface area (Å²) in [5.41, 5.74) is 3.65. The van der Waals surface area contributed by atoms with Crippen molar-refractivity contribution in [2.75, 3.05) is 6.54 Å². The number of halogens is 3. The highest BCUT2D eigenvalue weighted by Crippen LogP contribution is 2.32. The van der Waals surface area contributed by atoms with E-state index in [2.05, 4.69) is 9.97 Å². The van der Waals surface area contributed by atoms with E-state index in [1.54, 1.807) is 23.1 Å². The van der Waals surface area contributed by atoms with Crippen molar-refractivity contribution < 1.29 is 18.0 Å². The van der Waals surface area contributed by atoms with Gasteiger partial charge in [0.05, 0.1) is 11.0 Å².